The van der Waals surface area contributed by atoms with Gasteiger partial charge < -0.3 is 10.4 Å². The van der Waals surface area contributed by atoms with Crippen molar-refractivity contribution < 1.29 is 9.32 Å². The van der Waals surface area contributed by atoms with E-state index in [1.54, 1.807) is 42.9 Å². The Hall–Kier alpha value is -3.17. The van der Waals surface area contributed by atoms with Crippen LogP contribution in [0.25, 0.3) is 0 Å². The van der Waals surface area contributed by atoms with Crippen LogP contribution in [-0.4, -0.2) is 25.5 Å². The van der Waals surface area contributed by atoms with Crippen molar-refractivity contribution in [3.63, 3.8) is 0 Å². The quantitative estimate of drug-likeness (QED) is 0.711. The van der Waals surface area contributed by atoms with E-state index in [-0.39, 0.29) is 5.75 Å². The number of nitrogens with one attached hydrogen (secondary N) is 1. The molecule has 6 heteroatoms. The second-order valence-corrected chi connectivity index (χ2v) is 6.58. The minimum absolute atomic E-state index is 0.179. The molecule has 5 nitrogen and oxygen atoms in total. The summed E-state index contributed by atoms with van der Waals surface area (Å²) in [6.45, 7) is 0. The molecule has 3 aromatic rings. The Morgan fingerprint density at radius 3 is 2.44 bits per heavy atom. The molecule has 25 heavy (non-hydrogen) atoms. The van der Waals surface area contributed by atoms with Crippen LogP contribution in [0.5, 0.6) is 5.75 Å². The Bertz CT molecular complexity index is 976. The third-order valence-electron chi connectivity index (χ3n) is 3.27. The molecule has 3 rings (SSSR count). The van der Waals surface area contributed by atoms with E-state index in [9.17, 15) is 9.32 Å². The lowest BCUT2D eigenvalue weighted by Gasteiger charge is -2.05. The van der Waals surface area contributed by atoms with Crippen LogP contribution < -0.4 is 5.32 Å². The molecule has 0 saturated carbocycles. The van der Waals surface area contributed by atoms with Crippen molar-refractivity contribution in [3.8, 4) is 17.6 Å². The highest BCUT2D eigenvalue weighted by Gasteiger charge is 2.01. The molecule has 0 fully saturated rings. The number of anilines is 2. The number of phenols is 1. The Balaban J connectivity index is 1.73. The summed E-state index contributed by atoms with van der Waals surface area (Å²) < 4.78 is 11.5. The fourth-order valence-electron chi connectivity index (χ4n) is 2.07. The van der Waals surface area contributed by atoms with Crippen LogP contribution in [0.3, 0.4) is 0 Å². The minimum atomic E-state index is -1.04. The van der Waals surface area contributed by atoms with Crippen LogP contribution in [0.4, 0.5) is 11.6 Å². The van der Waals surface area contributed by atoms with E-state index < -0.39 is 10.8 Å². The molecule has 0 bridgehead atoms. The van der Waals surface area contributed by atoms with Gasteiger partial charge in [-0.1, -0.05) is 24.0 Å². The predicted octanol–water partition coefficient (Wildman–Crippen LogP) is 3.06. The standard InChI is InChI=1S/C19H15N3O2S/c1-25(24)18-7-3-5-16(11-18)22-19-20-12-15(13-21-19)9-8-14-4-2-6-17(23)10-14/h2-7,10-13,23H,1H3,(H,20,21,22). The number of aromatic nitrogens is 2. The molecule has 0 aliphatic rings. The summed E-state index contributed by atoms with van der Waals surface area (Å²) in [5, 5.41) is 12.5. The predicted molar refractivity (Wildman–Crippen MR) is 98.2 cm³/mol. The maximum absolute atomic E-state index is 11.5. The fraction of sp³-hybridized carbons (Fsp3) is 0.0526. The number of benzene rings is 2. The van der Waals surface area contributed by atoms with Crippen molar-refractivity contribution in [2.45, 2.75) is 4.90 Å². The third kappa shape index (κ3) is 4.66. The van der Waals surface area contributed by atoms with Gasteiger partial charge in [-0.2, -0.15) is 0 Å². The first-order chi connectivity index (χ1) is 12.1. The summed E-state index contributed by atoms with van der Waals surface area (Å²) in [5.74, 6) is 6.51. The van der Waals surface area contributed by atoms with Gasteiger partial charge in [0.2, 0.25) is 5.95 Å². The van der Waals surface area contributed by atoms with E-state index >= 15 is 0 Å². The van der Waals surface area contributed by atoms with E-state index in [4.69, 9.17) is 0 Å². The second kappa shape index (κ2) is 7.60. The van der Waals surface area contributed by atoms with Gasteiger partial charge in [-0.3, -0.25) is 4.21 Å². The monoisotopic (exact) mass is 349 g/mol. The molecular weight excluding hydrogens is 334 g/mol. The normalized spacial score (nSPS) is 11.2. The van der Waals surface area contributed by atoms with Crippen LogP contribution in [0.15, 0.2) is 65.8 Å². The molecule has 1 aromatic heterocycles. The van der Waals surface area contributed by atoms with Crippen LogP contribution >= 0.6 is 0 Å². The lowest BCUT2D eigenvalue weighted by Crippen LogP contribution is -1.98. The number of aromatic hydroxyl groups is 1. The van der Waals surface area contributed by atoms with E-state index in [2.05, 4.69) is 27.1 Å². The first-order valence-corrected chi connectivity index (χ1v) is 8.99. The summed E-state index contributed by atoms with van der Waals surface area (Å²) >= 11 is 0. The average molecular weight is 349 g/mol. The van der Waals surface area contributed by atoms with E-state index in [0.29, 0.717) is 17.1 Å². The van der Waals surface area contributed by atoms with Gasteiger partial charge in [-0.05, 0) is 36.4 Å². The highest BCUT2D eigenvalue weighted by molar-refractivity contribution is 7.84. The maximum atomic E-state index is 11.5. The topological polar surface area (TPSA) is 75.1 Å². The molecule has 0 aliphatic carbocycles. The largest absolute Gasteiger partial charge is 0.508 e. The zero-order chi connectivity index (χ0) is 17.6. The van der Waals surface area contributed by atoms with Gasteiger partial charge in [0.1, 0.15) is 5.75 Å². The van der Waals surface area contributed by atoms with Gasteiger partial charge in [0.05, 0.1) is 5.56 Å². The number of hydrogen-bond donors (Lipinski definition) is 2. The van der Waals surface area contributed by atoms with Gasteiger partial charge in [-0.25, -0.2) is 9.97 Å². The van der Waals surface area contributed by atoms with E-state index in [1.165, 1.54) is 0 Å². The lowest BCUT2D eigenvalue weighted by molar-refractivity contribution is 0.475. The number of rotatable bonds is 3. The third-order valence-corrected chi connectivity index (χ3v) is 4.19. The molecule has 0 spiro atoms. The Morgan fingerprint density at radius 1 is 1.00 bits per heavy atom. The van der Waals surface area contributed by atoms with Crippen LogP contribution in [0.2, 0.25) is 0 Å². The van der Waals surface area contributed by atoms with E-state index in [1.807, 2.05) is 24.3 Å². The number of phenolic OH excluding ortho intramolecular Hbond substituents is 1. The smallest absolute Gasteiger partial charge is 0.227 e. The van der Waals surface area contributed by atoms with Gasteiger partial charge in [0, 0.05) is 45.6 Å². The molecule has 0 saturated heterocycles. The molecule has 1 heterocycles. The van der Waals surface area contributed by atoms with Crippen molar-refractivity contribution >= 4 is 22.4 Å². The fourth-order valence-corrected chi connectivity index (χ4v) is 2.63. The zero-order valence-corrected chi connectivity index (χ0v) is 14.2. The second-order valence-electron chi connectivity index (χ2n) is 5.20. The SMILES string of the molecule is CS(=O)c1cccc(Nc2ncc(C#Cc3cccc(O)c3)cn2)c1. The van der Waals surface area contributed by atoms with E-state index in [0.717, 1.165) is 10.6 Å². The van der Waals surface area contributed by atoms with Crippen molar-refractivity contribution in [2.24, 2.45) is 0 Å². The summed E-state index contributed by atoms with van der Waals surface area (Å²) in [7, 11) is -1.04. The van der Waals surface area contributed by atoms with Crippen molar-refractivity contribution in [3.05, 3.63) is 72.1 Å². The molecule has 2 N–H and O–H groups in total. The first kappa shape index (κ1) is 16.7. The Labute approximate surface area is 148 Å². The first-order valence-electron chi connectivity index (χ1n) is 7.44. The van der Waals surface area contributed by atoms with Crippen LogP contribution in [0, 0.1) is 11.8 Å². The molecular formula is C19H15N3O2S. The molecule has 1 unspecified atom stereocenters. The van der Waals surface area contributed by atoms with Gasteiger partial charge in [-0.15, -0.1) is 0 Å². The summed E-state index contributed by atoms with van der Waals surface area (Å²) in [5.41, 5.74) is 2.15. The van der Waals surface area contributed by atoms with Gasteiger partial charge in [0.25, 0.3) is 0 Å². The Kier molecular flexibility index (Phi) is 5.07. The molecule has 124 valence electrons. The van der Waals surface area contributed by atoms with Crippen molar-refractivity contribution in [2.75, 3.05) is 11.6 Å². The molecule has 0 amide bonds. The van der Waals surface area contributed by atoms with Crippen molar-refractivity contribution in [1.29, 1.82) is 0 Å². The average Bonchev–Trinajstić information content (AvgIpc) is 2.61. The summed E-state index contributed by atoms with van der Waals surface area (Å²) in [4.78, 5) is 9.19. The molecule has 0 radical (unpaired) electrons. The summed E-state index contributed by atoms with van der Waals surface area (Å²) in [6, 6.07) is 14.0. The van der Waals surface area contributed by atoms with Crippen LogP contribution in [0.1, 0.15) is 11.1 Å². The lowest BCUT2D eigenvalue weighted by atomic mass is 10.2. The molecule has 1 atom stereocenters. The summed E-state index contributed by atoms with van der Waals surface area (Å²) in [6.07, 6.45) is 4.87. The molecule has 0 aliphatic heterocycles. The molecule has 2 aromatic carbocycles. The Morgan fingerprint density at radius 2 is 1.72 bits per heavy atom. The maximum Gasteiger partial charge on any atom is 0.227 e. The number of hydrogen-bond acceptors (Lipinski definition) is 5. The van der Waals surface area contributed by atoms with Crippen molar-refractivity contribution in [1.82, 2.24) is 9.97 Å². The zero-order valence-electron chi connectivity index (χ0n) is 13.4. The minimum Gasteiger partial charge on any atom is -0.508 e. The van der Waals surface area contributed by atoms with Gasteiger partial charge >= 0.3 is 0 Å². The van der Waals surface area contributed by atoms with Crippen LogP contribution in [-0.2, 0) is 10.8 Å². The highest BCUT2D eigenvalue weighted by Crippen LogP contribution is 2.16. The highest BCUT2D eigenvalue weighted by atomic mass is 32.2. The number of nitrogens with zero attached hydrogens (tertiary/aromatic N) is 2. The van der Waals surface area contributed by atoms with Gasteiger partial charge in [0.15, 0.2) is 0 Å².